The molecule has 0 fully saturated rings. The lowest BCUT2D eigenvalue weighted by Crippen LogP contribution is -2.16. The van der Waals surface area contributed by atoms with Gasteiger partial charge >= 0.3 is 12.4 Å². The van der Waals surface area contributed by atoms with Gasteiger partial charge in [-0.3, -0.25) is 0 Å². The molecule has 0 aliphatic heterocycles. The lowest BCUT2D eigenvalue weighted by Gasteiger charge is -2.18. The fourth-order valence-corrected chi connectivity index (χ4v) is 1.75. The molecule has 0 spiro atoms. The summed E-state index contributed by atoms with van der Waals surface area (Å²) in [7, 11) is 0. The molecule has 0 aliphatic rings. The molecule has 0 aromatic heterocycles. The van der Waals surface area contributed by atoms with Crippen molar-refractivity contribution in [3.8, 4) is 0 Å². The summed E-state index contributed by atoms with van der Waals surface area (Å²) in [5, 5.41) is 0. The highest BCUT2D eigenvalue weighted by Crippen LogP contribution is 2.39. The summed E-state index contributed by atoms with van der Waals surface area (Å²) >= 11 is 0. The van der Waals surface area contributed by atoms with Crippen LogP contribution in [-0.4, -0.2) is 0 Å². The lowest BCUT2D eigenvalue weighted by atomic mass is 9.95. The zero-order chi connectivity index (χ0) is 14.1. The number of alkyl halides is 6. The van der Waals surface area contributed by atoms with E-state index in [-0.39, 0.29) is 30.2 Å². The van der Waals surface area contributed by atoms with Crippen molar-refractivity contribution in [2.75, 3.05) is 0 Å². The number of rotatable bonds is 2. The highest BCUT2D eigenvalue weighted by atomic mass is 19.4. The summed E-state index contributed by atoms with van der Waals surface area (Å²) in [5.41, 5.74) is 2.32. The molecule has 0 bridgehead atoms. The van der Waals surface area contributed by atoms with Crippen molar-refractivity contribution in [1.29, 1.82) is 0 Å². The highest BCUT2D eigenvalue weighted by molar-refractivity contribution is 5.42. The van der Waals surface area contributed by atoms with Gasteiger partial charge in [0.15, 0.2) is 0 Å². The van der Waals surface area contributed by atoms with Crippen LogP contribution < -0.4 is 5.73 Å². The first kappa shape index (κ1) is 14.8. The number of hydrogen-bond acceptors (Lipinski definition) is 1. The van der Waals surface area contributed by atoms with Gasteiger partial charge in [-0.15, -0.1) is 0 Å². The van der Waals surface area contributed by atoms with Gasteiger partial charge in [0, 0.05) is 6.54 Å². The summed E-state index contributed by atoms with van der Waals surface area (Å²) in [6.07, 6.45) is -9.67. The lowest BCUT2D eigenvalue weighted by molar-refractivity contribution is -0.143. The normalized spacial score (nSPS) is 12.9. The first-order valence-corrected chi connectivity index (χ1v) is 5.11. The zero-order valence-corrected chi connectivity index (χ0v) is 9.41. The van der Waals surface area contributed by atoms with Crippen LogP contribution in [0.25, 0.3) is 0 Å². The maximum atomic E-state index is 12.7. The predicted octanol–water partition coefficient (Wildman–Crippen LogP) is 3.75. The SMILES string of the molecule is CCc1c(CN)cc(C(F)(F)F)cc1C(F)(F)F. The fraction of sp³-hybridized carbons (Fsp3) is 0.455. The molecule has 0 saturated heterocycles. The maximum absolute atomic E-state index is 12.7. The third-order valence-electron chi connectivity index (χ3n) is 2.55. The Bertz CT molecular complexity index is 432. The molecule has 0 saturated carbocycles. The van der Waals surface area contributed by atoms with E-state index in [0.29, 0.717) is 6.07 Å². The molecular weight excluding hydrogens is 260 g/mol. The van der Waals surface area contributed by atoms with Crippen LogP contribution in [0.4, 0.5) is 26.3 Å². The number of nitrogens with two attached hydrogens (primary N) is 1. The second-order valence-corrected chi connectivity index (χ2v) is 3.71. The van der Waals surface area contributed by atoms with Gasteiger partial charge in [-0.2, -0.15) is 26.3 Å². The molecule has 0 radical (unpaired) electrons. The van der Waals surface area contributed by atoms with Crippen LogP contribution in [-0.2, 0) is 25.3 Å². The second kappa shape index (κ2) is 4.79. The maximum Gasteiger partial charge on any atom is 0.416 e. The molecule has 102 valence electrons. The first-order chi connectivity index (χ1) is 8.11. The topological polar surface area (TPSA) is 26.0 Å². The molecule has 1 rings (SSSR count). The number of hydrogen-bond donors (Lipinski definition) is 1. The Labute approximate surface area is 99.6 Å². The largest absolute Gasteiger partial charge is 0.416 e. The van der Waals surface area contributed by atoms with E-state index in [1.165, 1.54) is 6.92 Å². The summed E-state index contributed by atoms with van der Waals surface area (Å²) in [6.45, 7) is 1.08. The van der Waals surface area contributed by atoms with E-state index in [9.17, 15) is 26.3 Å². The summed E-state index contributed by atoms with van der Waals surface area (Å²) in [5.74, 6) is 0. The molecule has 18 heavy (non-hydrogen) atoms. The Balaban J connectivity index is 3.57. The average Bonchev–Trinajstić information content (AvgIpc) is 2.24. The molecule has 0 amide bonds. The monoisotopic (exact) mass is 271 g/mol. The molecule has 1 aromatic carbocycles. The Hall–Kier alpha value is -1.24. The molecule has 2 N–H and O–H groups in total. The third-order valence-corrected chi connectivity index (χ3v) is 2.55. The Morgan fingerprint density at radius 3 is 1.89 bits per heavy atom. The van der Waals surface area contributed by atoms with Crippen LogP contribution in [0.2, 0.25) is 0 Å². The van der Waals surface area contributed by atoms with Crippen LogP contribution in [0.3, 0.4) is 0 Å². The standard InChI is InChI=1S/C11H11F6N/c1-2-8-6(5-18)3-7(10(12,13)14)4-9(8)11(15,16)17/h3-4H,2,5,18H2,1H3. The van der Waals surface area contributed by atoms with Gasteiger partial charge in [-0.05, 0) is 29.7 Å². The van der Waals surface area contributed by atoms with E-state index in [1.807, 2.05) is 0 Å². The van der Waals surface area contributed by atoms with Gasteiger partial charge in [0.2, 0.25) is 0 Å². The van der Waals surface area contributed by atoms with Gasteiger partial charge in [-0.1, -0.05) is 6.92 Å². The van der Waals surface area contributed by atoms with Crippen molar-refractivity contribution in [3.05, 3.63) is 34.4 Å². The van der Waals surface area contributed by atoms with Crippen molar-refractivity contribution < 1.29 is 26.3 Å². The minimum Gasteiger partial charge on any atom is -0.326 e. The zero-order valence-electron chi connectivity index (χ0n) is 9.41. The van der Waals surface area contributed by atoms with Crippen molar-refractivity contribution in [2.45, 2.75) is 32.2 Å². The number of halogens is 6. The second-order valence-electron chi connectivity index (χ2n) is 3.71. The summed E-state index contributed by atoms with van der Waals surface area (Å²) < 4.78 is 75.6. The van der Waals surface area contributed by atoms with Gasteiger partial charge in [0.1, 0.15) is 0 Å². The average molecular weight is 271 g/mol. The smallest absolute Gasteiger partial charge is 0.326 e. The molecule has 0 aliphatic carbocycles. The van der Waals surface area contributed by atoms with E-state index >= 15 is 0 Å². The Kier molecular flexibility index (Phi) is 3.95. The quantitative estimate of drug-likeness (QED) is 0.814. The fourth-order valence-electron chi connectivity index (χ4n) is 1.75. The Morgan fingerprint density at radius 1 is 1.00 bits per heavy atom. The molecule has 0 atom stereocenters. The molecular formula is C11H11F6N. The van der Waals surface area contributed by atoms with Gasteiger partial charge < -0.3 is 5.73 Å². The third kappa shape index (κ3) is 2.95. The summed E-state index contributed by atoms with van der Waals surface area (Å²) in [4.78, 5) is 0. The minimum absolute atomic E-state index is 0.0283. The van der Waals surface area contributed by atoms with Crippen LogP contribution in [0.1, 0.15) is 29.2 Å². The first-order valence-electron chi connectivity index (χ1n) is 5.11. The van der Waals surface area contributed by atoms with Crippen LogP contribution in [0, 0.1) is 0 Å². The highest BCUT2D eigenvalue weighted by Gasteiger charge is 2.38. The van der Waals surface area contributed by atoms with Crippen LogP contribution in [0.15, 0.2) is 12.1 Å². The van der Waals surface area contributed by atoms with Crippen molar-refractivity contribution >= 4 is 0 Å². The van der Waals surface area contributed by atoms with Crippen molar-refractivity contribution in [3.63, 3.8) is 0 Å². The molecule has 1 nitrogen and oxygen atoms in total. The van der Waals surface area contributed by atoms with E-state index in [4.69, 9.17) is 5.73 Å². The predicted molar refractivity (Wildman–Crippen MR) is 53.7 cm³/mol. The minimum atomic E-state index is -4.82. The van der Waals surface area contributed by atoms with E-state index in [0.717, 1.165) is 0 Å². The molecule has 1 aromatic rings. The molecule has 7 heteroatoms. The van der Waals surface area contributed by atoms with E-state index in [2.05, 4.69) is 0 Å². The number of benzene rings is 1. The van der Waals surface area contributed by atoms with Crippen molar-refractivity contribution in [2.24, 2.45) is 5.73 Å². The van der Waals surface area contributed by atoms with Gasteiger partial charge in [0.25, 0.3) is 0 Å². The van der Waals surface area contributed by atoms with Crippen LogP contribution in [0.5, 0.6) is 0 Å². The molecule has 0 heterocycles. The summed E-state index contributed by atoms with van der Waals surface area (Å²) in [6, 6.07) is 0.812. The van der Waals surface area contributed by atoms with Gasteiger partial charge in [0.05, 0.1) is 11.1 Å². The van der Waals surface area contributed by atoms with Gasteiger partial charge in [-0.25, -0.2) is 0 Å². The van der Waals surface area contributed by atoms with Crippen molar-refractivity contribution in [1.82, 2.24) is 0 Å². The van der Waals surface area contributed by atoms with E-state index in [1.54, 1.807) is 0 Å². The van der Waals surface area contributed by atoms with E-state index < -0.39 is 23.5 Å². The Morgan fingerprint density at radius 2 is 1.56 bits per heavy atom. The van der Waals surface area contributed by atoms with Crippen LogP contribution >= 0.6 is 0 Å². The molecule has 0 unspecified atom stereocenters.